The Morgan fingerprint density at radius 3 is 2.47 bits per heavy atom. The Bertz CT molecular complexity index is 339. The molecule has 0 unspecified atom stereocenters. The van der Waals surface area contributed by atoms with Gasteiger partial charge in [-0.3, -0.25) is 0 Å². The molecule has 1 aromatic carbocycles. The molecule has 0 aliphatic rings. The van der Waals surface area contributed by atoms with Crippen LogP contribution >= 0.6 is 23.2 Å². The van der Waals surface area contributed by atoms with E-state index >= 15 is 0 Å². The summed E-state index contributed by atoms with van der Waals surface area (Å²) in [6.07, 6.45) is 0.674. The second-order valence-corrected chi connectivity index (χ2v) is 4.93. The minimum Gasteiger partial charge on any atom is -0.396 e. The van der Waals surface area contributed by atoms with Crippen LogP contribution in [0.25, 0.3) is 0 Å². The molecule has 84 valence electrons. The second-order valence-electron chi connectivity index (χ2n) is 4.11. The predicted molar refractivity (Wildman–Crippen MR) is 65.9 cm³/mol. The van der Waals surface area contributed by atoms with Crippen molar-refractivity contribution in [1.82, 2.24) is 0 Å². The summed E-state index contributed by atoms with van der Waals surface area (Å²) in [5.74, 6) is 0. The van der Waals surface area contributed by atoms with Gasteiger partial charge in [-0.2, -0.15) is 0 Å². The first-order valence-corrected chi connectivity index (χ1v) is 5.54. The number of aliphatic hydroxyl groups excluding tert-OH is 1. The molecule has 0 radical (unpaired) electrons. The van der Waals surface area contributed by atoms with Crippen molar-refractivity contribution in [2.45, 2.75) is 25.8 Å². The third-order valence-corrected chi connectivity index (χ3v) is 2.88. The van der Waals surface area contributed by atoms with E-state index in [4.69, 9.17) is 28.3 Å². The van der Waals surface area contributed by atoms with Crippen molar-refractivity contribution in [3.63, 3.8) is 0 Å². The topological polar surface area (TPSA) is 32.3 Å². The molecule has 0 amide bonds. The Kier molecular flexibility index (Phi) is 4.26. The van der Waals surface area contributed by atoms with Gasteiger partial charge in [-0.05, 0) is 38.5 Å². The summed E-state index contributed by atoms with van der Waals surface area (Å²) in [6, 6.07) is 5.40. The van der Waals surface area contributed by atoms with Gasteiger partial charge in [0.15, 0.2) is 0 Å². The Morgan fingerprint density at radius 1 is 1.27 bits per heavy atom. The van der Waals surface area contributed by atoms with E-state index in [1.54, 1.807) is 12.1 Å². The zero-order valence-corrected chi connectivity index (χ0v) is 10.4. The largest absolute Gasteiger partial charge is 0.396 e. The van der Waals surface area contributed by atoms with Gasteiger partial charge in [-0.15, -0.1) is 0 Å². The van der Waals surface area contributed by atoms with Gasteiger partial charge in [0.2, 0.25) is 0 Å². The highest BCUT2D eigenvalue weighted by Gasteiger charge is 2.16. The first-order chi connectivity index (χ1) is 6.94. The summed E-state index contributed by atoms with van der Waals surface area (Å²) < 4.78 is 0. The second kappa shape index (κ2) is 5.06. The molecule has 0 bridgehead atoms. The fourth-order valence-corrected chi connectivity index (χ4v) is 1.60. The first-order valence-electron chi connectivity index (χ1n) is 4.79. The minimum atomic E-state index is -0.161. The number of halogens is 2. The van der Waals surface area contributed by atoms with E-state index in [2.05, 4.69) is 5.32 Å². The van der Waals surface area contributed by atoms with Crippen LogP contribution in [0.3, 0.4) is 0 Å². The molecule has 0 atom stereocenters. The van der Waals surface area contributed by atoms with Crippen LogP contribution in [0.15, 0.2) is 18.2 Å². The molecule has 1 aromatic rings. The number of hydrogen-bond donors (Lipinski definition) is 2. The summed E-state index contributed by atoms with van der Waals surface area (Å²) in [4.78, 5) is 0. The molecule has 0 aromatic heterocycles. The van der Waals surface area contributed by atoms with Crippen LogP contribution in [0, 0.1) is 0 Å². The van der Waals surface area contributed by atoms with Gasteiger partial charge >= 0.3 is 0 Å². The lowest BCUT2D eigenvalue weighted by atomic mass is 10.0. The zero-order chi connectivity index (χ0) is 11.5. The number of nitrogens with one attached hydrogen (secondary N) is 1. The molecule has 2 N–H and O–H groups in total. The van der Waals surface area contributed by atoms with E-state index < -0.39 is 0 Å². The molecule has 0 fully saturated rings. The quantitative estimate of drug-likeness (QED) is 0.853. The molecule has 0 aliphatic heterocycles. The monoisotopic (exact) mass is 247 g/mol. The van der Waals surface area contributed by atoms with Gasteiger partial charge in [0.25, 0.3) is 0 Å². The molecule has 0 saturated carbocycles. The molecule has 2 nitrogen and oxygen atoms in total. The summed E-state index contributed by atoms with van der Waals surface area (Å²) in [7, 11) is 0. The van der Waals surface area contributed by atoms with Crippen LogP contribution in [0.1, 0.15) is 20.3 Å². The highest BCUT2D eigenvalue weighted by Crippen LogP contribution is 2.27. The van der Waals surface area contributed by atoms with Crippen molar-refractivity contribution in [2.24, 2.45) is 0 Å². The lowest BCUT2D eigenvalue weighted by molar-refractivity contribution is 0.261. The molecule has 4 heteroatoms. The van der Waals surface area contributed by atoms with E-state index in [0.29, 0.717) is 16.5 Å². The summed E-state index contributed by atoms with van der Waals surface area (Å²) in [5.41, 5.74) is 0.745. The van der Waals surface area contributed by atoms with Gasteiger partial charge in [0.05, 0.1) is 10.0 Å². The van der Waals surface area contributed by atoms with Gasteiger partial charge in [-0.1, -0.05) is 23.2 Å². The van der Waals surface area contributed by atoms with Crippen molar-refractivity contribution in [3.8, 4) is 0 Å². The van der Waals surface area contributed by atoms with Crippen LogP contribution in [0.5, 0.6) is 0 Å². The van der Waals surface area contributed by atoms with Crippen LogP contribution in [-0.2, 0) is 0 Å². The maximum absolute atomic E-state index is 8.89. The third kappa shape index (κ3) is 3.90. The minimum absolute atomic E-state index is 0.154. The molecule has 0 saturated heterocycles. The zero-order valence-electron chi connectivity index (χ0n) is 8.85. The Hall–Kier alpha value is -0.440. The molecule has 0 aliphatic carbocycles. The van der Waals surface area contributed by atoms with Crippen molar-refractivity contribution in [1.29, 1.82) is 0 Å². The summed E-state index contributed by atoms with van der Waals surface area (Å²) in [6.45, 7) is 4.19. The third-order valence-electron chi connectivity index (χ3n) is 2.14. The van der Waals surface area contributed by atoms with Crippen molar-refractivity contribution in [3.05, 3.63) is 28.2 Å². The Balaban J connectivity index is 2.76. The number of benzene rings is 1. The van der Waals surface area contributed by atoms with Crippen LogP contribution < -0.4 is 5.32 Å². The smallest absolute Gasteiger partial charge is 0.0612 e. The van der Waals surface area contributed by atoms with E-state index in [1.165, 1.54) is 0 Å². The van der Waals surface area contributed by atoms with Crippen molar-refractivity contribution < 1.29 is 5.11 Å². The van der Waals surface area contributed by atoms with Crippen LogP contribution in [0.4, 0.5) is 5.69 Å². The maximum atomic E-state index is 8.89. The maximum Gasteiger partial charge on any atom is 0.0612 e. The molecule has 15 heavy (non-hydrogen) atoms. The molecular formula is C11H15Cl2NO. The standard InChI is InChI=1S/C11H15Cl2NO/c1-11(2,5-6-15)14-8-3-4-9(12)10(13)7-8/h3-4,7,14-15H,5-6H2,1-2H3. The number of aliphatic hydroxyl groups is 1. The normalized spacial score (nSPS) is 11.5. The van der Waals surface area contributed by atoms with E-state index in [1.807, 2.05) is 19.9 Å². The number of rotatable bonds is 4. The molecular weight excluding hydrogens is 233 g/mol. The van der Waals surface area contributed by atoms with Gasteiger partial charge in [0, 0.05) is 17.8 Å². The van der Waals surface area contributed by atoms with Crippen molar-refractivity contribution in [2.75, 3.05) is 11.9 Å². The average molecular weight is 248 g/mol. The van der Waals surface area contributed by atoms with E-state index in [0.717, 1.165) is 5.69 Å². The van der Waals surface area contributed by atoms with Crippen molar-refractivity contribution >= 4 is 28.9 Å². The van der Waals surface area contributed by atoms with Gasteiger partial charge in [0.1, 0.15) is 0 Å². The van der Waals surface area contributed by atoms with Crippen LogP contribution in [-0.4, -0.2) is 17.3 Å². The fraction of sp³-hybridized carbons (Fsp3) is 0.455. The average Bonchev–Trinajstić information content (AvgIpc) is 2.10. The Morgan fingerprint density at radius 2 is 1.93 bits per heavy atom. The highest BCUT2D eigenvalue weighted by molar-refractivity contribution is 6.42. The summed E-state index contributed by atoms with van der Waals surface area (Å²) >= 11 is 11.7. The SMILES string of the molecule is CC(C)(CCO)Nc1ccc(Cl)c(Cl)c1. The van der Waals surface area contributed by atoms with Gasteiger partial charge < -0.3 is 10.4 Å². The predicted octanol–water partition coefficient (Wildman–Crippen LogP) is 3.57. The number of hydrogen-bond acceptors (Lipinski definition) is 2. The molecule has 0 heterocycles. The first kappa shape index (κ1) is 12.6. The fourth-order valence-electron chi connectivity index (χ4n) is 1.31. The molecule has 0 spiro atoms. The van der Waals surface area contributed by atoms with E-state index in [9.17, 15) is 0 Å². The lowest BCUT2D eigenvalue weighted by Gasteiger charge is -2.26. The highest BCUT2D eigenvalue weighted by atomic mass is 35.5. The molecule has 1 rings (SSSR count). The number of anilines is 1. The van der Waals surface area contributed by atoms with Gasteiger partial charge in [-0.25, -0.2) is 0 Å². The summed E-state index contributed by atoms with van der Waals surface area (Å²) in [5, 5.41) is 13.2. The van der Waals surface area contributed by atoms with E-state index in [-0.39, 0.29) is 12.1 Å². The lowest BCUT2D eigenvalue weighted by Crippen LogP contribution is -2.31. The van der Waals surface area contributed by atoms with Crippen LogP contribution in [0.2, 0.25) is 10.0 Å². The Labute approximate surface area is 100 Å².